The van der Waals surface area contributed by atoms with Gasteiger partial charge in [-0.05, 0) is 11.6 Å². The molecule has 0 fully saturated rings. The van der Waals surface area contributed by atoms with Crippen molar-refractivity contribution in [2.75, 3.05) is 7.11 Å². The Balaban J connectivity index is 2.41. The Morgan fingerprint density at radius 2 is 2.21 bits per heavy atom. The summed E-state index contributed by atoms with van der Waals surface area (Å²) in [5.41, 5.74) is 2.12. The summed E-state index contributed by atoms with van der Waals surface area (Å²) in [6.07, 6.45) is 5.49. The van der Waals surface area contributed by atoms with Crippen LogP contribution in [0.5, 0.6) is 5.88 Å². The SMILES string of the molecule is COc1cc(-c2cnn(C)c2)ccn1. The van der Waals surface area contributed by atoms with Crippen LogP contribution < -0.4 is 4.74 Å². The van der Waals surface area contributed by atoms with Crippen molar-refractivity contribution in [3.8, 4) is 17.0 Å². The molecule has 0 N–H and O–H groups in total. The van der Waals surface area contributed by atoms with Crippen LogP contribution in [0, 0.1) is 0 Å². The molecule has 0 amide bonds. The Labute approximate surface area is 82.2 Å². The minimum absolute atomic E-state index is 0.617. The number of nitrogens with zero attached hydrogens (tertiary/aromatic N) is 3. The summed E-state index contributed by atoms with van der Waals surface area (Å²) in [4.78, 5) is 4.04. The number of hydrogen-bond acceptors (Lipinski definition) is 3. The van der Waals surface area contributed by atoms with E-state index in [1.807, 2.05) is 31.6 Å². The first-order chi connectivity index (χ1) is 6.79. The van der Waals surface area contributed by atoms with Gasteiger partial charge in [0, 0.05) is 31.1 Å². The van der Waals surface area contributed by atoms with Gasteiger partial charge in [-0.2, -0.15) is 5.10 Å². The van der Waals surface area contributed by atoms with Crippen LogP contribution in [0.2, 0.25) is 0 Å². The van der Waals surface area contributed by atoms with E-state index in [-0.39, 0.29) is 0 Å². The fraction of sp³-hybridized carbons (Fsp3) is 0.200. The maximum atomic E-state index is 5.04. The summed E-state index contributed by atoms with van der Waals surface area (Å²) in [5.74, 6) is 0.617. The van der Waals surface area contributed by atoms with Gasteiger partial charge in [0.2, 0.25) is 5.88 Å². The van der Waals surface area contributed by atoms with E-state index in [9.17, 15) is 0 Å². The van der Waals surface area contributed by atoms with E-state index in [1.165, 1.54) is 0 Å². The van der Waals surface area contributed by atoms with E-state index in [1.54, 1.807) is 18.0 Å². The van der Waals surface area contributed by atoms with E-state index < -0.39 is 0 Å². The van der Waals surface area contributed by atoms with Crippen molar-refractivity contribution in [2.24, 2.45) is 7.05 Å². The highest BCUT2D eigenvalue weighted by atomic mass is 16.5. The second kappa shape index (κ2) is 3.49. The maximum Gasteiger partial charge on any atom is 0.213 e. The fourth-order valence-electron chi connectivity index (χ4n) is 1.27. The zero-order valence-electron chi connectivity index (χ0n) is 8.14. The minimum Gasteiger partial charge on any atom is -0.481 e. The molecule has 2 heterocycles. The first-order valence-electron chi connectivity index (χ1n) is 4.28. The Kier molecular flexibility index (Phi) is 2.18. The highest BCUT2D eigenvalue weighted by Crippen LogP contribution is 2.20. The van der Waals surface area contributed by atoms with Crippen LogP contribution in [0.25, 0.3) is 11.1 Å². The van der Waals surface area contributed by atoms with Crippen molar-refractivity contribution in [1.29, 1.82) is 0 Å². The molecule has 0 radical (unpaired) electrons. The monoisotopic (exact) mass is 189 g/mol. The lowest BCUT2D eigenvalue weighted by atomic mass is 10.1. The number of aryl methyl sites for hydroxylation is 1. The van der Waals surface area contributed by atoms with Gasteiger partial charge in [-0.25, -0.2) is 4.98 Å². The van der Waals surface area contributed by atoms with Crippen molar-refractivity contribution < 1.29 is 4.74 Å². The molecule has 72 valence electrons. The number of hydrogen-bond donors (Lipinski definition) is 0. The van der Waals surface area contributed by atoms with Gasteiger partial charge >= 0.3 is 0 Å². The Morgan fingerprint density at radius 1 is 1.36 bits per heavy atom. The number of pyridine rings is 1. The van der Waals surface area contributed by atoms with Crippen LogP contribution in [-0.2, 0) is 7.05 Å². The number of ether oxygens (including phenoxy) is 1. The average molecular weight is 189 g/mol. The van der Waals surface area contributed by atoms with Gasteiger partial charge in [0.1, 0.15) is 0 Å². The average Bonchev–Trinajstić information content (AvgIpc) is 2.65. The van der Waals surface area contributed by atoms with Crippen LogP contribution >= 0.6 is 0 Å². The van der Waals surface area contributed by atoms with Crippen LogP contribution in [0.1, 0.15) is 0 Å². The first-order valence-corrected chi connectivity index (χ1v) is 4.28. The molecule has 0 aromatic carbocycles. The molecular formula is C10H11N3O. The van der Waals surface area contributed by atoms with Gasteiger partial charge in [0.15, 0.2) is 0 Å². The third kappa shape index (κ3) is 1.59. The molecule has 0 aliphatic carbocycles. The Bertz CT molecular complexity index is 436. The number of methoxy groups -OCH3 is 1. The molecular weight excluding hydrogens is 178 g/mol. The lowest BCUT2D eigenvalue weighted by molar-refractivity contribution is 0.398. The molecule has 0 atom stereocenters. The Morgan fingerprint density at radius 3 is 2.86 bits per heavy atom. The van der Waals surface area contributed by atoms with Crippen LogP contribution in [0.15, 0.2) is 30.7 Å². The maximum absolute atomic E-state index is 5.04. The number of aromatic nitrogens is 3. The Hall–Kier alpha value is -1.84. The molecule has 0 saturated heterocycles. The highest BCUT2D eigenvalue weighted by molar-refractivity contribution is 5.62. The largest absolute Gasteiger partial charge is 0.481 e. The van der Waals surface area contributed by atoms with Crippen molar-refractivity contribution in [1.82, 2.24) is 14.8 Å². The predicted molar refractivity (Wildman–Crippen MR) is 53.0 cm³/mol. The summed E-state index contributed by atoms with van der Waals surface area (Å²) in [6.45, 7) is 0. The summed E-state index contributed by atoms with van der Waals surface area (Å²) < 4.78 is 6.81. The second-order valence-corrected chi connectivity index (χ2v) is 2.99. The molecule has 0 aliphatic rings. The standard InChI is InChI=1S/C10H11N3O/c1-13-7-9(6-12-13)8-3-4-11-10(5-8)14-2/h3-7H,1-2H3. The first kappa shape index (κ1) is 8.74. The zero-order chi connectivity index (χ0) is 9.97. The summed E-state index contributed by atoms with van der Waals surface area (Å²) in [7, 11) is 3.50. The van der Waals surface area contributed by atoms with Crippen molar-refractivity contribution in [2.45, 2.75) is 0 Å². The number of rotatable bonds is 2. The molecule has 0 spiro atoms. The van der Waals surface area contributed by atoms with Gasteiger partial charge in [-0.15, -0.1) is 0 Å². The van der Waals surface area contributed by atoms with Crippen LogP contribution in [-0.4, -0.2) is 21.9 Å². The van der Waals surface area contributed by atoms with Gasteiger partial charge in [0.05, 0.1) is 13.3 Å². The highest BCUT2D eigenvalue weighted by Gasteiger charge is 2.01. The third-order valence-electron chi connectivity index (χ3n) is 1.98. The van der Waals surface area contributed by atoms with E-state index in [0.717, 1.165) is 11.1 Å². The van der Waals surface area contributed by atoms with Crippen molar-refractivity contribution in [3.63, 3.8) is 0 Å². The van der Waals surface area contributed by atoms with E-state index in [4.69, 9.17) is 4.74 Å². The predicted octanol–water partition coefficient (Wildman–Crippen LogP) is 1.49. The lowest BCUT2D eigenvalue weighted by Crippen LogP contribution is -1.87. The van der Waals surface area contributed by atoms with Crippen molar-refractivity contribution in [3.05, 3.63) is 30.7 Å². The fourth-order valence-corrected chi connectivity index (χ4v) is 1.27. The molecule has 0 saturated carbocycles. The molecule has 2 aromatic rings. The van der Waals surface area contributed by atoms with Crippen LogP contribution in [0.3, 0.4) is 0 Å². The molecule has 0 aliphatic heterocycles. The van der Waals surface area contributed by atoms with Gasteiger partial charge in [-0.3, -0.25) is 4.68 Å². The second-order valence-electron chi connectivity index (χ2n) is 2.99. The van der Waals surface area contributed by atoms with Crippen LogP contribution in [0.4, 0.5) is 0 Å². The van der Waals surface area contributed by atoms with E-state index in [2.05, 4.69) is 10.1 Å². The molecule has 0 unspecified atom stereocenters. The van der Waals surface area contributed by atoms with Gasteiger partial charge in [-0.1, -0.05) is 0 Å². The van der Waals surface area contributed by atoms with Gasteiger partial charge in [0.25, 0.3) is 0 Å². The zero-order valence-corrected chi connectivity index (χ0v) is 8.14. The smallest absolute Gasteiger partial charge is 0.213 e. The molecule has 14 heavy (non-hydrogen) atoms. The van der Waals surface area contributed by atoms with Crippen molar-refractivity contribution >= 4 is 0 Å². The summed E-state index contributed by atoms with van der Waals surface area (Å²) in [6, 6.07) is 3.82. The molecule has 4 heteroatoms. The summed E-state index contributed by atoms with van der Waals surface area (Å²) in [5, 5.41) is 4.10. The minimum atomic E-state index is 0.617. The quantitative estimate of drug-likeness (QED) is 0.718. The normalized spacial score (nSPS) is 10.1. The summed E-state index contributed by atoms with van der Waals surface area (Å²) >= 11 is 0. The third-order valence-corrected chi connectivity index (χ3v) is 1.98. The molecule has 0 bridgehead atoms. The topological polar surface area (TPSA) is 39.9 Å². The molecule has 4 nitrogen and oxygen atoms in total. The van der Waals surface area contributed by atoms with E-state index >= 15 is 0 Å². The molecule has 2 rings (SSSR count). The lowest BCUT2D eigenvalue weighted by Gasteiger charge is -2.00. The molecule has 2 aromatic heterocycles. The van der Waals surface area contributed by atoms with E-state index in [0.29, 0.717) is 5.88 Å². The van der Waals surface area contributed by atoms with Gasteiger partial charge < -0.3 is 4.74 Å².